The molecule has 0 aliphatic heterocycles. The summed E-state index contributed by atoms with van der Waals surface area (Å²) in [5, 5.41) is 6.10. The van der Waals surface area contributed by atoms with Gasteiger partial charge in [-0.15, -0.1) is 0 Å². The maximum absolute atomic E-state index is 5.29. The molecule has 100 valence electrons. The molecule has 2 aromatic rings. The summed E-state index contributed by atoms with van der Waals surface area (Å²) in [4.78, 5) is 16.7. The van der Waals surface area contributed by atoms with Crippen LogP contribution in [-0.2, 0) is 6.54 Å². The first-order valence-electron chi connectivity index (χ1n) is 5.82. The topological polar surface area (TPSA) is 84.9 Å². The Morgan fingerprint density at radius 3 is 2.53 bits per heavy atom. The van der Waals surface area contributed by atoms with E-state index in [1.54, 1.807) is 26.6 Å². The number of methoxy groups -OCH3 is 1. The molecule has 7 heteroatoms. The summed E-state index contributed by atoms with van der Waals surface area (Å²) >= 11 is 0. The fourth-order valence-electron chi connectivity index (χ4n) is 1.56. The molecular weight excluding hydrogens is 244 g/mol. The molecule has 0 aliphatic carbocycles. The van der Waals surface area contributed by atoms with Gasteiger partial charge in [0.1, 0.15) is 6.33 Å². The average molecular weight is 260 g/mol. The first kappa shape index (κ1) is 13.0. The molecule has 2 heterocycles. The first-order chi connectivity index (χ1) is 9.24. The summed E-state index contributed by atoms with van der Waals surface area (Å²) < 4.78 is 5.29. The minimum absolute atomic E-state index is 0.518. The van der Waals surface area contributed by atoms with Crippen molar-refractivity contribution in [3.63, 3.8) is 0 Å². The maximum Gasteiger partial charge on any atom is 0.204 e. The Kier molecular flexibility index (Phi) is 4.07. The van der Waals surface area contributed by atoms with Gasteiger partial charge in [-0.05, 0) is 6.92 Å². The second kappa shape index (κ2) is 5.94. The van der Waals surface area contributed by atoms with Crippen molar-refractivity contribution in [3.05, 3.63) is 30.1 Å². The van der Waals surface area contributed by atoms with Gasteiger partial charge in [-0.2, -0.15) is 0 Å². The third-order valence-corrected chi connectivity index (χ3v) is 2.52. The van der Waals surface area contributed by atoms with Crippen molar-refractivity contribution in [1.29, 1.82) is 0 Å². The van der Waals surface area contributed by atoms with Crippen molar-refractivity contribution in [2.24, 2.45) is 0 Å². The lowest BCUT2D eigenvalue weighted by atomic mass is 10.4. The molecule has 0 aliphatic rings. The van der Waals surface area contributed by atoms with Gasteiger partial charge in [-0.25, -0.2) is 9.97 Å². The third-order valence-electron chi connectivity index (χ3n) is 2.52. The molecule has 19 heavy (non-hydrogen) atoms. The van der Waals surface area contributed by atoms with E-state index < -0.39 is 0 Å². The first-order valence-corrected chi connectivity index (χ1v) is 5.82. The van der Waals surface area contributed by atoms with E-state index in [1.165, 1.54) is 6.33 Å². The van der Waals surface area contributed by atoms with Crippen LogP contribution in [0.3, 0.4) is 0 Å². The monoisotopic (exact) mass is 260 g/mol. The summed E-state index contributed by atoms with van der Waals surface area (Å²) in [6.45, 7) is 2.42. The summed E-state index contributed by atoms with van der Waals surface area (Å²) in [6.07, 6.45) is 4.93. The van der Waals surface area contributed by atoms with Crippen molar-refractivity contribution >= 4 is 11.6 Å². The molecule has 0 saturated carbocycles. The quantitative estimate of drug-likeness (QED) is 0.836. The van der Waals surface area contributed by atoms with Crippen LogP contribution >= 0.6 is 0 Å². The van der Waals surface area contributed by atoms with Gasteiger partial charge in [0.05, 0.1) is 31.2 Å². The molecule has 0 amide bonds. The zero-order chi connectivity index (χ0) is 13.7. The van der Waals surface area contributed by atoms with Crippen molar-refractivity contribution in [2.45, 2.75) is 13.5 Å². The molecule has 0 aromatic carbocycles. The van der Waals surface area contributed by atoms with E-state index in [0.29, 0.717) is 23.9 Å². The van der Waals surface area contributed by atoms with E-state index in [4.69, 9.17) is 4.74 Å². The Hall–Kier alpha value is -2.44. The lowest BCUT2D eigenvalue weighted by molar-refractivity contribution is 0.415. The smallest absolute Gasteiger partial charge is 0.204 e. The van der Waals surface area contributed by atoms with Gasteiger partial charge in [-0.1, -0.05) is 0 Å². The van der Waals surface area contributed by atoms with Gasteiger partial charge in [0.15, 0.2) is 11.6 Å². The van der Waals surface area contributed by atoms with Crippen LogP contribution in [0.5, 0.6) is 5.75 Å². The van der Waals surface area contributed by atoms with Crippen LogP contribution in [0.25, 0.3) is 0 Å². The van der Waals surface area contributed by atoms with Gasteiger partial charge in [0.2, 0.25) is 5.75 Å². The number of ether oxygens (including phenoxy) is 1. The minimum atomic E-state index is 0.518. The third kappa shape index (κ3) is 3.06. The predicted octanol–water partition coefficient (Wildman–Crippen LogP) is 1.24. The van der Waals surface area contributed by atoms with Crippen molar-refractivity contribution in [1.82, 2.24) is 19.9 Å². The number of hydrogen-bond donors (Lipinski definition) is 2. The molecule has 0 unspecified atom stereocenters. The van der Waals surface area contributed by atoms with Crippen molar-refractivity contribution < 1.29 is 4.74 Å². The average Bonchev–Trinajstić information content (AvgIpc) is 2.46. The molecule has 2 aromatic heterocycles. The van der Waals surface area contributed by atoms with Crippen molar-refractivity contribution in [3.8, 4) is 5.75 Å². The number of hydrogen-bond acceptors (Lipinski definition) is 7. The molecule has 0 saturated heterocycles. The molecule has 0 fully saturated rings. The Bertz CT molecular complexity index is 542. The van der Waals surface area contributed by atoms with Gasteiger partial charge in [0, 0.05) is 13.2 Å². The zero-order valence-electron chi connectivity index (χ0n) is 11.1. The van der Waals surface area contributed by atoms with E-state index >= 15 is 0 Å². The van der Waals surface area contributed by atoms with E-state index in [9.17, 15) is 0 Å². The zero-order valence-corrected chi connectivity index (χ0v) is 11.1. The van der Waals surface area contributed by atoms with Gasteiger partial charge < -0.3 is 15.4 Å². The number of rotatable bonds is 5. The summed E-state index contributed by atoms with van der Waals surface area (Å²) in [5.74, 6) is 1.82. The van der Waals surface area contributed by atoms with E-state index in [2.05, 4.69) is 30.6 Å². The standard InChI is InChI=1S/C12H16N6O/c1-8-4-15-9(5-14-8)6-16-12-10(19-3)11(13-2)17-7-18-12/h4-5,7H,6H2,1-3H3,(H2,13,16,17,18). The SMILES string of the molecule is CNc1ncnc(NCc2cnc(C)cn2)c1OC. The van der Waals surface area contributed by atoms with Gasteiger partial charge in [-0.3, -0.25) is 9.97 Å². The van der Waals surface area contributed by atoms with Gasteiger partial charge >= 0.3 is 0 Å². The highest BCUT2D eigenvalue weighted by Gasteiger charge is 2.10. The van der Waals surface area contributed by atoms with Crippen LogP contribution in [0.1, 0.15) is 11.4 Å². The van der Waals surface area contributed by atoms with Crippen LogP contribution in [0.2, 0.25) is 0 Å². The second-order valence-electron chi connectivity index (χ2n) is 3.86. The molecule has 0 spiro atoms. The van der Waals surface area contributed by atoms with Crippen LogP contribution in [-0.4, -0.2) is 34.1 Å². The van der Waals surface area contributed by atoms with Crippen molar-refractivity contribution in [2.75, 3.05) is 24.8 Å². The number of nitrogens with zero attached hydrogens (tertiary/aromatic N) is 4. The molecule has 0 atom stereocenters. The Labute approximate surface area is 111 Å². The number of nitrogens with one attached hydrogen (secondary N) is 2. The maximum atomic E-state index is 5.29. The number of aromatic nitrogens is 4. The minimum Gasteiger partial charge on any atom is -0.490 e. The number of anilines is 2. The van der Waals surface area contributed by atoms with Crippen LogP contribution < -0.4 is 15.4 Å². The predicted molar refractivity (Wildman–Crippen MR) is 72.2 cm³/mol. The van der Waals surface area contributed by atoms with Crippen LogP contribution in [0.15, 0.2) is 18.7 Å². The molecule has 0 radical (unpaired) electrons. The highest BCUT2D eigenvalue weighted by atomic mass is 16.5. The van der Waals surface area contributed by atoms with E-state index in [-0.39, 0.29) is 0 Å². The van der Waals surface area contributed by atoms with E-state index in [0.717, 1.165) is 11.4 Å². The van der Waals surface area contributed by atoms with Gasteiger partial charge in [0.25, 0.3) is 0 Å². The lowest BCUT2D eigenvalue weighted by Crippen LogP contribution is -2.07. The molecule has 0 bridgehead atoms. The molecule has 7 nitrogen and oxygen atoms in total. The molecule has 2 N–H and O–H groups in total. The van der Waals surface area contributed by atoms with Crippen LogP contribution in [0, 0.1) is 6.92 Å². The summed E-state index contributed by atoms with van der Waals surface area (Å²) in [5.41, 5.74) is 1.72. The Balaban J connectivity index is 2.13. The Morgan fingerprint density at radius 1 is 1.11 bits per heavy atom. The fourth-order valence-corrected chi connectivity index (χ4v) is 1.56. The van der Waals surface area contributed by atoms with E-state index in [1.807, 2.05) is 6.92 Å². The summed E-state index contributed by atoms with van der Waals surface area (Å²) in [7, 11) is 3.36. The number of aryl methyl sites for hydroxylation is 1. The molecular formula is C12H16N6O. The van der Waals surface area contributed by atoms with Crippen LogP contribution in [0.4, 0.5) is 11.6 Å². The fraction of sp³-hybridized carbons (Fsp3) is 0.333. The normalized spacial score (nSPS) is 10.1. The molecule has 2 rings (SSSR count). The highest BCUT2D eigenvalue weighted by molar-refractivity contribution is 5.63. The lowest BCUT2D eigenvalue weighted by Gasteiger charge is -2.12. The second-order valence-corrected chi connectivity index (χ2v) is 3.86. The summed E-state index contributed by atoms with van der Waals surface area (Å²) in [6, 6.07) is 0. The highest BCUT2D eigenvalue weighted by Crippen LogP contribution is 2.28. The largest absolute Gasteiger partial charge is 0.490 e. The Morgan fingerprint density at radius 2 is 1.89 bits per heavy atom.